The van der Waals surface area contributed by atoms with Crippen LogP contribution in [0.3, 0.4) is 0 Å². The summed E-state index contributed by atoms with van der Waals surface area (Å²) in [6.07, 6.45) is 1.86. The second kappa shape index (κ2) is 8.60. The van der Waals surface area contributed by atoms with Gasteiger partial charge in [-0.1, -0.05) is 13.3 Å². The van der Waals surface area contributed by atoms with Crippen molar-refractivity contribution in [2.45, 2.75) is 19.8 Å². The van der Waals surface area contributed by atoms with Gasteiger partial charge >= 0.3 is 0 Å². The fraction of sp³-hybridized carbons (Fsp3) is 0.286. The van der Waals surface area contributed by atoms with Gasteiger partial charge in [-0.3, -0.25) is 4.79 Å². The number of methoxy groups -OCH3 is 1. The number of rotatable bonds is 8. The van der Waals surface area contributed by atoms with Crippen molar-refractivity contribution in [3.63, 3.8) is 0 Å². The van der Waals surface area contributed by atoms with Crippen LogP contribution in [0.15, 0.2) is 51.7 Å². The fourth-order valence-corrected chi connectivity index (χ4v) is 2.65. The molecule has 0 radical (unpaired) electrons. The molecule has 3 rings (SSSR count). The number of unbranched alkanes of at least 4 members (excludes halogenated alkanes) is 1. The highest BCUT2D eigenvalue weighted by Crippen LogP contribution is 2.32. The summed E-state index contributed by atoms with van der Waals surface area (Å²) in [5.74, 6) is 1.46. The maximum absolute atomic E-state index is 12.8. The van der Waals surface area contributed by atoms with Gasteiger partial charge in [-0.05, 0) is 30.7 Å². The Balaban J connectivity index is 2.10. The summed E-state index contributed by atoms with van der Waals surface area (Å²) in [7, 11) is 1.53. The zero-order chi connectivity index (χ0) is 19.2. The number of phenols is 1. The number of phenolic OH excluding ortho intramolecular Hbond substituents is 1. The van der Waals surface area contributed by atoms with Gasteiger partial charge in [-0.15, -0.1) is 0 Å². The van der Waals surface area contributed by atoms with E-state index in [1.807, 2.05) is 0 Å². The minimum atomic E-state index is -0.205. The quantitative estimate of drug-likeness (QED) is 0.470. The van der Waals surface area contributed by atoms with Gasteiger partial charge in [0.05, 0.1) is 6.61 Å². The molecule has 1 heterocycles. The van der Waals surface area contributed by atoms with Gasteiger partial charge in [0.2, 0.25) is 0 Å². The highest BCUT2D eigenvalue weighted by molar-refractivity contribution is 5.86. The zero-order valence-electron chi connectivity index (χ0n) is 15.4. The van der Waals surface area contributed by atoms with E-state index in [0.29, 0.717) is 40.4 Å². The summed E-state index contributed by atoms with van der Waals surface area (Å²) in [5, 5.41) is 9.82. The number of aromatic hydroxyl groups is 1. The van der Waals surface area contributed by atoms with Crippen molar-refractivity contribution < 1.29 is 23.7 Å². The van der Waals surface area contributed by atoms with Gasteiger partial charge in [0.15, 0.2) is 12.2 Å². The minimum Gasteiger partial charge on any atom is -0.508 e. The van der Waals surface area contributed by atoms with Gasteiger partial charge in [0.25, 0.3) is 0 Å². The lowest BCUT2D eigenvalue weighted by Crippen LogP contribution is -2.06. The molecule has 27 heavy (non-hydrogen) atoms. The molecule has 0 aliphatic rings. The first-order valence-corrected chi connectivity index (χ1v) is 8.78. The maximum Gasteiger partial charge on any atom is 0.197 e. The summed E-state index contributed by atoms with van der Waals surface area (Å²) < 4.78 is 22.2. The summed E-state index contributed by atoms with van der Waals surface area (Å²) in [4.78, 5) is 12.8. The molecule has 0 aliphatic heterocycles. The van der Waals surface area contributed by atoms with E-state index in [2.05, 4.69) is 6.92 Å². The summed E-state index contributed by atoms with van der Waals surface area (Å²) in [5.41, 5.74) is 0.846. The Bertz CT molecular complexity index is 959. The molecule has 6 heteroatoms. The third-order valence-electron chi connectivity index (χ3n) is 4.02. The molecule has 0 fully saturated rings. The molecule has 1 N–H and O–H groups in total. The molecule has 0 spiro atoms. The first-order valence-electron chi connectivity index (χ1n) is 8.78. The van der Waals surface area contributed by atoms with Crippen LogP contribution in [-0.4, -0.2) is 25.6 Å². The second-order valence-electron chi connectivity index (χ2n) is 6.07. The largest absolute Gasteiger partial charge is 0.508 e. The SMILES string of the molecule is CCCCOc1cc(OCOC)cc2oc(-c3ccc(O)cc3)cc(=O)c12. The molecule has 0 saturated carbocycles. The number of benzene rings is 2. The molecule has 142 valence electrons. The van der Waals surface area contributed by atoms with Crippen molar-refractivity contribution in [1.82, 2.24) is 0 Å². The molecule has 2 aromatic carbocycles. The molecule has 0 saturated heterocycles. The van der Waals surface area contributed by atoms with Crippen molar-refractivity contribution in [2.75, 3.05) is 20.5 Å². The summed E-state index contributed by atoms with van der Waals surface area (Å²) in [6.45, 7) is 2.64. The molecule has 0 bridgehead atoms. The summed E-state index contributed by atoms with van der Waals surface area (Å²) >= 11 is 0. The Kier molecular flexibility index (Phi) is 5.98. The van der Waals surface area contributed by atoms with Gasteiger partial charge < -0.3 is 23.7 Å². The van der Waals surface area contributed by atoms with Crippen LogP contribution in [-0.2, 0) is 4.74 Å². The average molecular weight is 370 g/mol. The Morgan fingerprint density at radius 1 is 1.07 bits per heavy atom. The van der Waals surface area contributed by atoms with Crippen LogP contribution in [0.4, 0.5) is 0 Å². The molecule has 0 aliphatic carbocycles. The monoisotopic (exact) mass is 370 g/mol. The maximum atomic E-state index is 12.8. The van der Waals surface area contributed by atoms with Crippen LogP contribution in [0.25, 0.3) is 22.3 Å². The molecule has 1 aromatic heterocycles. The Morgan fingerprint density at radius 3 is 2.56 bits per heavy atom. The molecule has 6 nitrogen and oxygen atoms in total. The van der Waals surface area contributed by atoms with E-state index in [1.165, 1.54) is 25.3 Å². The molecule has 0 unspecified atom stereocenters. The first kappa shape index (κ1) is 18.8. The number of ether oxygens (including phenoxy) is 3. The van der Waals surface area contributed by atoms with Gasteiger partial charge in [0, 0.05) is 30.9 Å². The second-order valence-corrected chi connectivity index (χ2v) is 6.07. The zero-order valence-corrected chi connectivity index (χ0v) is 15.4. The van der Waals surface area contributed by atoms with E-state index in [0.717, 1.165) is 12.8 Å². The lowest BCUT2D eigenvalue weighted by molar-refractivity contribution is 0.0510. The van der Waals surface area contributed by atoms with E-state index in [4.69, 9.17) is 18.6 Å². The van der Waals surface area contributed by atoms with Crippen LogP contribution in [0.1, 0.15) is 19.8 Å². The number of hydrogen-bond acceptors (Lipinski definition) is 6. The predicted octanol–water partition coefficient (Wildman–Crippen LogP) is 4.33. The lowest BCUT2D eigenvalue weighted by Gasteiger charge is -2.12. The fourth-order valence-electron chi connectivity index (χ4n) is 2.65. The minimum absolute atomic E-state index is 0.0712. The van der Waals surface area contributed by atoms with Crippen molar-refractivity contribution in [3.05, 3.63) is 52.7 Å². The van der Waals surface area contributed by atoms with E-state index >= 15 is 0 Å². The van der Waals surface area contributed by atoms with Crippen LogP contribution in [0, 0.1) is 0 Å². The van der Waals surface area contributed by atoms with Crippen molar-refractivity contribution in [2.24, 2.45) is 0 Å². The lowest BCUT2D eigenvalue weighted by atomic mass is 10.1. The van der Waals surface area contributed by atoms with Gasteiger partial charge in [-0.25, -0.2) is 0 Å². The highest BCUT2D eigenvalue weighted by atomic mass is 16.7. The van der Waals surface area contributed by atoms with Gasteiger partial charge in [-0.2, -0.15) is 0 Å². The molecule has 0 amide bonds. The summed E-state index contributed by atoms with van der Waals surface area (Å²) in [6, 6.07) is 11.2. The van der Waals surface area contributed by atoms with Crippen LogP contribution >= 0.6 is 0 Å². The number of fused-ring (bicyclic) bond motifs is 1. The Labute approximate surface area is 156 Å². The van der Waals surface area contributed by atoms with E-state index in [-0.39, 0.29) is 18.0 Å². The number of hydrogen-bond donors (Lipinski definition) is 1. The normalized spacial score (nSPS) is 10.9. The first-order chi connectivity index (χ1) is 13.1. The highest BCUT2D eigenvalue weighted by Gasteiger charge is 2.14. The third kappa shape index (κ3) is 4.41. The van der Waals surface area contributed by atoms with Crippen LogP contribution in [0.5, 0.6) is 17.2 Å². The van der Waals surface area contributed by atoms with Crippen molar-refractivity contribution in [1.29, 1.82) is 0 Å². The van der Waals surface area contributed by atoms with Crippen LogP contribution in [0.2, 0.25) is 0 Å². The average Bonchev–Trinajstić information content (AvgIpc) is 2.66. The Morgan fingerprint density at radius 2 is 1.85 bits per heavy atom. The van der Waals surface area contributed by atoms with E-state index in [1.54, 1.807) is 24.3 Å². The molecular formula is C21H22O6. The third-order valence-corrected chi connectivity index (χ3v) is 4.02. The molecule has 0 atom stereocenters. The van der Waals surface area contributed by atoms with Crippen molar-refractivity contribution >= 4 is 11.0 Å². The van der Waals surface area contributed by atoms with E-state index < -0.39 is 0 Å². The van der Waals surface area contributed by atoms with Gasteiger partial charge in [0.1, 0.15) is 34.0 Å². The predicted molar refractivity (Wildman–Crippen MR) is 102 cm³/mol. The topological polar surface area (TPSA) is 78.1 Å². The standard InChI is InChI=1S/C21H22O6/c1-3-4-9-25-19-10-16(26-13-24-2)11-20-21(19)17(23)12-18(27-20)14-5-7-15(22)8-6-14/h5-8,10-12,22H,3-4,9,13H2,1-2H3. The van der Waals surface area contributed by atoms with E-state index in [9.17, 15) is 9.90 Å². The van der Waals surface area contributed by atoms with Crippen LogP contribution < -0.4 is 14.9 Å². The molecule has 3 aromatic rings. The smallest absolute Gasteiger partial charge is 0.197 e. The van der Waals surface area contributed by atoms with Crippen molar-refractivity contribution in [3.8, 4) is 28.6 Å². The Hall–Kier alpha value is -2.99. The molecular weight excluding hydrogens is 348 g/mol.